The Hall–Kier alpha value is -0.650. The molecule has 4 N–H and O–H groups in total. The van der Waals surface area contributed by atoms with Crippen molar-refractivity contribution < 1.29 is 20.1 Å². The van der Waals surface area contributed by atoms with Crippen LogP contribution in [0.2, 0.25) is 0 Å². The molecular weight excluding hydrogens is 138 g/mol. The first kappa shape index (κ1) is 9.35. The molecule has 0 spiro atoms. The van der Waals surface area contributed by atoms with Crippen molar-refractivity contribution in [3.63, 3.8) is 0 Å². The van der Waals surface area contributed by atoms with Crippen molar-refractivity contribution >= 4 is 5.97 Å². The van der Waals surface area contributed by atoms with Gasteiger partial charge in [0.25, 0.3) is 0 Å². The SMILES string of the molecule is CC(O)(O)NCCC(=O)O. The molecule has 0 aromatic heterocycles. The maximum atomic E-state index is 9.88. The third-order valence-corrected chi connectivity index (χ3v) is 0.799. The van der Waals surface area contributed by atoms with Crippen LogP contribution in [0.25, 0.3) is 0 Å². The van der Waals surface area contributed by atoms with Gasteiger partial charge in [0, 0.05) is 13.5 Å². The highest BCUT2D eigenvalue weighted by atomic mass is 16.5. The normalized spacial score (nSPS) is 11.5. The Morgan fingerprint density at radius 2 is 2.10 bits per heavy atom. The van der Waals surface area contributed by atoms with E-state index in [0.717, 1.165) is 6.92 Å². The Labute approximate surface area is 58.3 Å². The lowest BCUT2D eigenvalue weighted by Crippen LogP contribution is -2.42. The van der Waals surface area contributed by atoms with Crippen molar-refractivity contribution in [2.45, 2.75) is 19.3 Å². The van der Waals surface area contributed by atoms with Crippen molar-refractivity contribution in [1.82, 2.24) is 5.32 Å². The average molecular weight is 149 g/mol. The molecule has 0 radical (unpaired) electrons. The number of rotatable bonds is 4. The van der Waals surface area contributed by atoms with Crippen LogP contribution in [-0.4, -0.2) is 33.7 Å². The predicted octanol–water partition coefficient (Wildman–Crippen LogP) is -1.29. The van der Waals surface area contributed by atoms with Crippen molar-refractivity contribution in [1.29, 1.82) is 0 Å². The van der Waals surface area contributed by atoms with Crippen LogP contribution in [0.4, 0.5) is 0 Å². The van der Waals surface area contributed by atoms with E-state index >= 15 is 0 Å². The minimum absolute atomic E-state index is 0.0405. The summed E-state index contributed by atoms with van der Waals surface area (Å²) in [5.74, 6) is -2.95. The fourth-order valence-corrected chi connectivity index (χ4v) is 0.406. The second-order valence-corrected chi connectivity index (χ2v) is 2.09. The van der Waals surface area contributed by atoms with E-state index in [2.05, 4.69) is 5.32 Å². The van der Waals surface area contributed by atoms with Crippen LogP contribution < -0.4 is 5.32 Å². The smallest absolute Gasteiger partial charge is 0.304 e. The summed E-state index contributed by atoms with van der Waals surface area (Å²) < 4.78 is 0. The van der Waals surface area contributed by atoms with Crippen molar-refractivity contribution in [2.75, 3.05) is 6.54 Å². The van der Waals surface area contributed by atoms with Crippen LogP contribution in [0.5, 0.6) is 0 Å². The van der Waals surface area contributed by atoms with Crippen LogP contribution in [0, 0.1) is 0 Å². The molecule has 0 atom stereocenters. The van der Waals surface area contributed by atoms with Crippen molar-refractivity contribution in [2.24, 2.45) is 0 Å². The molecule has 10 heavy (non-hydrogen) atoms. The summed E-state index contributed by atoms with van der Waals surface area (Å²) in [6, 6.07) is 0. The fourth-order valence-electron chi connectivity index (χ4n) is 0.406. The molecule has 0 heterocycles. The maximum Gasteiger partial charge on any atom is 0.304 e. The summed E-state index contributed by atoms with van der Waals surface area (Å²) in [6.07, 6.45) is -0.128. The lowest BCUT2D eigenvalue weighted by atomic mass is 10.4. The van der Waals surface area contributed by atoms with E-state index in [9.17, 15) is 4.79 Å². The number of aliphatic hydroxyl groups is 2. The second-order valence-electron chi connectivity index (χ2n) is 2.09. The van der Waals surface area contributed by atoms with Gasteiger partial charge in [-0.15, -0.1) is 0 Å². The monoisotopic (exact) mass is 149 g/mol. The zero-order chi connectivity index (χ0) is 8.20. The topological polar surface area (TPSA) is 89.8 Å². The average Bonchev–Trinajstić information content (AvgIpc) is 1.59. The first-order valence-corrected chi connectivity index (χ1v) is 2.83. The van der Waals surface area contributed by atoms with E-state index in [1.165, 1.54) is 0 Å². The molecular formula is C5H11NO4. The van der Waals surface area contributed by atoms with Crippen LogP contribution >= 0.6 is 0 Å². The number of carbonyl (C=O) groups is 1. The summed E-state index contributed by atoms with van der Waals surface area (Å²) in [5.41, 5.74) is 0. The lowest BCUT2D eigenvalue weighted by molar-refractivity contribution is -0.169. The minimum Gasteiger partial charge on any atom is -0.481 e. The van der Waals surface area contributed by atoms with Gasteiger partial charge in [-0.1, -0.05) is 0 Å². The summed E-state index contributed by atoms with van der Waals surface area (Å²) in [7, 11) is 0. The standard InChI is InChI=1S/C5H11NO4/c1-5(9,10)6-3-2-4(7)8/h6,9-10H,2-3H2,1H3,(H,7,8). The highest BCUT2D eigenvalue weighted by Crippen LogP contribution is 1.88. The highest BCUT2D eigenvalue weighted by Gasteiger charge is 2.12. The summed E-state index contributed by atoms with van der Waals surface area (Å²) in [5, 5.41) is 27.5. The summed E-state index contributed by atoms with van der Waals surface area (Å²) in [6.45, 7) is 1.16. The highest BCUT2D eigenvalue weighted by molar-refractivity contribution is 5.66. The number of hydrogen-bond donors (Lipinski definition) is 4. The predicted molar refractivity (Wildman–Crippen MR) is 33.1 cm³/mol. The van der Waals surface area contributed by atoms with Gasteiger partial charge in [0.15, 0.2) is 0 Å². The first-order valence-electron chi connectivity index (χ1n) is 2.83. The van der Waals surface area contributed by atoms with Gasteiger partial charge in [-0.3, -0.25) is 10.1 Å². The van der Waals surface area contributed by atoms with Gasteiger partial charge in [0.05, 0.1) is 6.42 Å². The Morgan fingerprint density at radius 1 is 1.60 bits per heavy atom. The molecule has 0 bridgehead atoms. The molecule has 0 unspecified atom stereocenters. The number of hydrogen-bond acceptors (Lipinski definition) is 4. The first-order chi connectivity index (χ1) is 4.42. The molecule has 0 saturated carbocycles. The van der Waals surface area contributed by atoms with Gasteiger partial charge >= 0.3 is 5.97 Å². The molecule has 0 aliphatic heterocycles. The number of aliphatic carboxylic acids is 1. The Balaban J connectivity index is 3.29. The van der Waals surface area contributed by atoms with Crippen LogP contribution in [0.3, 0.4) is 0 Å². The third kappa shape index (κ3) is 7.35. The molecule has 0 amide bonds. The largest absolute Gasteiger partial charge is 0.481 e. The molecule has 0 saturated heterocycles. The van der Waals surface area contributed by atoms with Crippen LogP contribution in [-0.2, 0) is 4.79 Å². The molecule has 0 aromatic carbocycles. The Morgan fingerprint density at radius 3 is 2.40 bits per heavy atom. The fraction of sp³-hybridized carbons (Fsp3) is 0.800. The lowest BCUT2D eigenvalue weighted by Gasteiger charge is -2.16. The van der Waals surface area contributed by atoms with Crippen molar-refractivity contribution in [3.05, 3.63) is 0 Å². The number of nitrogens with one attached hydrogen (secondary N) is 1. The molecule has 0 rings (SSSR count). The molecule has 0 aromatic rings. The Kier molecular flexibility index (Phi) is 3.27. The van der Waals surface area contributed by atoms with Gasteiger partial charge in [-0.25, -0.2) is 0 Å². The molecule has 0 fully saturated rings. The molecule has 5 heteroatoms. The zero-order valence-corrected chi connectivity index (χ0v) is 5.66. The van der Waals surface area contributed by atoms with Crippen LogP contribution in [0.1, 0.15) is 13.3 Å². The number of carboxylic acid groups (broad SMARTS) is 1. The van der Waals surface area contributed by atoms with E-state index in [0.29, 0.717) is 0 Å². The molecule has 0 aliphatic carbocycles. The molecule has 60 valence electrons. The molecule has 0 aliphatic rings. The zero-order valence-electron chi connectivity index (χ0n) is 5.66. The molecule has 5 nitrogen and oxygen atoms in total. The van der Waals surface area contributed by atoms with Crippen LogP contribution in [0.15, 0.2) is 0 Å². The van der Waals surface area contributed by atoms with Gasteiger partial charge in [-0.05, 0) is 0 Å². The van der Waals surface area contributed by atoms with Gasteiger partial charge in [0.2, 0.25) is 5.91 Å². The van der Waals surface area contributed by atoms with E-state index < -0.39 is 11.9 Å². The van der Waals surface area contributed by atoms with E-state index in [1.807, 2.05) is 0 Å². The van der Waals surface area contributed by atoms with E-state index in [1.54, 1.807) is 0 Å². The van der Waals surface area contributed by atoms with Crippen molar-refractivity contribution in [3.8, 4) is 0 Å². The van der Waals surface area contributed by atoms with E-state index in [-0.39, 0.29) is 13.0 Å². The second kappa shape index (κ2) is 3.50. The quantitative estimate of drug-likeness (QED) is 0.373. The Bertz CT molecular complexity index is 117. The summed E-state index contributed by atoms with van der Waals surface area (Å²) >= 11 is 0. The minimum atomic E-state index is -1.98. The maximum absolute atomic E-state index is 9.88. The van der Waals surface area contributed by atoms with Gasteiger partial charge in [-0.2, -0.15) is 0 Å². The number of carboxylic acids is 1. The van der Waals surface area contributed by atoms with Gasteiger partial charge < -0.3 is 15.3 Å². The summed E-state index contributed by atoms with van der Waals surface area (Å²) in [4.78, 5) is 9.88. The van der Waals surface area contributed by atoms with Gasteiger partial charge in [0.1, 0.15) is 0 Å². The third-order valence-electron chi connectivity index (χ3n) is 0.799. The van der Waals surface area contributed by atoms with E-state index in [4.69, 9.17) is 15.3 Å².